The first kappa shape index (κ1) is 13.2. The van der Waals surface area contributed by atoms with E-state index in [0.29, 0.717) is 6.42 Å². The molecular formula is C13H17N5O. The van der Waals surface area contributed by atoms with Crippen LogP contribution in [0.15, 0.2) is 30.9 Å². The highest BCUT2D eigenvalue weighted by atomic mass is 16.1. The van der Waals surface area contributed by atoms with Gasteiger partial charge in [-0.2, -0.15) is 5.10 Å². The van der Waals surface area contributed by atoms with E-state index in [-0.39, 0.29) is 11.9 Å². The van der Waals surface area contributed by atoms with Crippen LogP contribution < -0.4 is 5.32 Å². The zero-order chi connectivity index (χ0) is 13.7. The maximum absolute atomic E-state index is 11.9. The molecule has 2 rings (SSSR count). The van der Waals surface area contributed by atoms with E-state index in [1.165, 1.54) is 6.33 Å². The number of pyridine rings is 1. The van der Waals surface area contributed by atoms with Crippen LogP contribution >= 0.6 is 0 Å². The van der Waals surface area contributed by atoms with Gasteiger partial charge in [0.25, 0.3) is 0 Å². The third kappa shape index (κ3) is 3.37. The maximum Gasteiger partial charge on any atom is 0.225 e. The summed E-state index contributed by atoms with van der Waals surface area (Å²) in [6.07, 6.45) is 5.21. The maximum atomic E-state index is 11.9. The van der Waals surface area contributed by atoms with Crippen molar-refractivity contribution in [2.75, 3.05) is 0 Å². The lowest BCUT2D eigenvalue weighted by atomic mass is 10.2. The van der Waals surface area contributed by atoms with Crippen molar-refractivity contribution in [1.82, 2.24) is 25.1 Å². The minimum atomic E-state index is -0.156. The summed E-state index contributed by atoms with van der Waals surface area (Å²) in [5.41, 5.74) is 0.941. The Bertz CT molecular complexity index is 537. The van der Waals surface area contributed by atoms with Gasteiger partial charge in [0, 0.05) is 18.9 Å². The molecule has 0 fully saturated rings. The lowest BCUT2D eigenvalue weighted by Crippen LogP contribution is -2.30. The summed E-state index contributed by atoms with van der Waals surface area (Å²) in [6, 6.07) is 3.51. The summed E-state index contributed by atoms with van der Waals surface area (Å²) in [4.78, 5) is 20.0. The predicted molar refractivity (Wildman–Crippen MR) is 70.2 cm³/mol. The third-order valence-corrected chi connectivity index (χ3v) is 2.82. The number of rotatable bonds is 5. The second kappa shape index (κ2) is 6.08. The van der Waals surface area contributed by atoms with E-state index in [1.807, 2.05) is 26.0 Å². The number of hydrogen-bond acceptors (Lipinski definition) is 4. The van der Waals surface area contributed by atoms with E-state index in [2.05, 4.69) is 20.4 Å². The molecule has 0 aliphatic carbocycles. The van der Waals surface area contributed by atoms with Crippen LogP contribution in [0.4, 0.5) is 0 Å². The number of aromatic nitrogens is 4. The van der Waals surface area contributed by atoms with Crippen molar-refractivity contribution < 1.29 is 4.79 Å². The molecule has 0 aliphatic rings. The first-order valence-corrected chi connectivity index (χ1v) is 6.26. The van der Waals surface area contributed by atoms with Crippen molar-refractivity contribution >= 4 is 5.91 Å². The van der Waals surface area contributed by atoms with Crippen LogP contribution in [0.1, 0.15) is 31.3 Å². The van der Waals surface area contributed by atoms with Gasteiger partial charge in [0.05, 0.1) is 12.5 Å². The second-order valence-corrected chi connectivity index (χ2v) is 4.26. The fraction of sp³-hybridized carbons (Fsp3) is 0.385. The van der Waals surface area contributed by atoms with Crippen LogP contribution in [-0.4, -0.2) is 25.7 Å². The molecule has 0 aliphatic heterocycles. The number of aryl methyl sites for hydroxylation is 1. The van der Waals surface area contributed by atoms with Gasteiger partial charge >= 0.3 is 0 Å². The number of hydrogen-bond donors (Lipinski definition) is 1. The molecule has 1 N–H and O–H groups in total. The van der Waals surface area contributed by atoms with Gasteiger partial charge in [-0.3, -0.25) is 9.78 Å². The fourth-order valence-electron chi connectivity index (χ4n) is 1.90. The molecule has 1 atom stereocenters. The smallest absolute Gasteiger partial charge is 0.225 e. The van der Waals surface area contributed by atoms with E-state index in [4.69, 9.17) is 0 Å². The highest BCUT2D eigenvalue weighted by Gasteiger charge is 2.14. The van der Waals surface area contributed by atoms with Crippen molar-refractivity contribution in [2.24, 2.45) is 0 Å². The van der Waals surface area contributed by atoms with Crippen molar-refractivity contribution in [3.05, 3.63) is 42.2 Å². The van der Waals surface area contributed by atoms with Gasteiger partial charge in [-0.25, -0.2) is 9.67 Å². The van der Waals surface area contributed by atoms with Gasteiger partial charge in [0.1, 0.15) is 12.2 Å². The Morgan fingerprint density at radius 3 is 2.84 bits per heavy atom. The van der Waals surface area contributed by atoms with Crippen LogP contribution in [0, 0.1) is 0 Å². The average Bonchev–Trinajstić information content (AvgIpc) is 2.88. The molecule has 0 unspecified atom stereocenters. The minimum Gasteiger partial charge on any atom is -0.346 e. The molecule has 0 spiro atoms. The summed E-state index contributed by atoms with van der Waals surface area (Å²) < 4.78 is 1.78. The van der Waals surface area contributed by atoms with Crippen LogP contribution in [0.25, 0.3) is 0 Å². The van der Waals surface area contributed by atoms with E-state index < -0.39 is 0 Å². The van der Waals surface area contributed by atoms with Gasteiger partial charge in [-0.05, 0) is 31.5 Å². The summed E-state index contributed by atoms with van der Waals surface area (Å²) >= 11 is 0. The highest BCUT2D eigenvalue weighted by Crippen LogP contribution is 2.08. The first-order valence-electron chi connectivity index (χ1n) is 6.26. The number of nitrogens with zero attached hydrogens (tertiary/aromatic N) is 4. The molecule has 2 heterocycles. The molecule has 1 amide bonds. The van der Waals surface area contributed by atoms with Gasteiger partial charge in [0.2, 0.25) is 5.91 Å². The molecule has 0 aromatic carbocycles. The quantitative estimate of drug-likeness (QED) is 0.873. The van der Waals surface area contributed by atoms with Gasteiger partial charge in [-0.1, -0.05) is 0 Å². The molecule has 2 aromatic rings. The number of amides is 1. The van der Waals surface area contributed by atoms with Crippen LogP contribution in [0.3, 0.4) is 0 Å². The molecule has 6 heteroatoms. The number of nitrogens with one attached hydrogen (secondary N) is 1. The van der Waals surface area contributed by atoms with Crippen LogP contribution in [0.2, 0.25) is 0 Å². The molecule has 2 aromatic heterocycles. The summed E-state index contributed by atoms with van der Waals surface area (Å²) in [5, 5.41) is 7.02. The number of carbonyl (C=O) groups excluding carboxylic acids is 1. The molecule has 19 heavy (non-hydrogen) atoms. The van der Waals surface area contributed by atoms with E-state index in [9.17, 15) is 4.79 Å². The first-order chi connectivity index (χ1) is 9.20. The minimum absolute atomic E-state index is 0.0376. The van der Waals surface area contributed by atoms with Gasteiger partial charge < -0.3 is 5.32 Å². The fourth-order valence-corrected chi connectivity index (χ4v) is 1.90. The third-order valence-electron chi connectivity index (χ3n) is 2.82. The summed E-state index contributed by atoms with van der Waals surface area (Å²) in [7, 11) is 0. The molecule has 0 saturated carbocycles. The largest absolute Gasteiger partial charge is 0.346 e. The Kier molecular flexibility index (Phi) is 4.22. The van der Waals surface area contributed by atoms with E-state index in [1.54, 1.807) is 17.1 Å². The lowest BCUT2D eigenvalue weighted by molar-refractivity contribution is -0.121. The highest BCUT2D eigenvalue weighted by molar-refractivity contribution is 5.78. The molecule has 0 saturated heterocycles. The summed E-state index contributed by atoms with van der Waals surface area (Å²) in [6.45, 7) is 4.63. The van der Waals surface area contributed by atoms with Crippen molar-refractivity contribution in [3.63, 3.8) is 0 Å². The molecule has 0 bridgehead atoms. The Morgan fingerprint density at radius 1 is 1.42 bits per heavy atom. The average molecular weight is 259 g/mol. The van der Waals surface area contributed by atoms with Gasteiger partial charge in [0.15, 0.2) is 0 Å². The second-order valence-electron chi connectivity index (χ2n) is 4.26. The molecular weight excluding hydrogens is 242 g/mol. The summed E-state index contributed by atoms with van der Waals surface area (Å²) in [5.74, 6) is 0.731. The normalized spacial score (nSPS) is 12.1. The zero-order valence-electron chi connectivity index (χ0n) is 11.1. The standard InChI is InChI=1S/C13H17N5O/c1-3-18-13(15-9-16-18)10(2)17-12(19)8-11-4-6-14-7-5-11/h4-7,9-10H,3,8H2,1-2H3,(H,17,19)/t10-/m0/s1. The SMILES string of the molecule is CCn1ncnc1[C@H](C)NC(=O)Cc1ccncc1. The topological polar surface area (TPSA) is 72.7 Å². The van der Waals surface area contributed by atoms with Crippen LogP contribution in [-0.2, 0) is 17.8 Å². The van der Waals surface area contributed by atoms with E-state index in [0.717, 1.165) is 17.9 Å². The predicted octanol–water partition coefficient (Wildman–Crippen LogP) is 1.11. The van der Waals surface area contributed by atoms with Crippen molar-refractivity contribution in [2.45, 2.75) is 32.9 Å². The lowest BCUT2D eigenvalue weighted by Gasteiger charge is -2.13. The van der Waals surface area contributed by atoms with Gasteiger partial charge in [-0.15, -0.1) is 0 Å². The Labute approximate surface area is 111 Å². The Balaban J connectivity index is 1.96. The Hall–Kier alpha value is -2.24. The van der Waals surface area contributed by atoms with Crippen molar-refractivity contribution in [3.8, 4) is 0 Å². The molecule has 0 radical (unpaired) electrons. The monoisotopic (exact) mass is 259 g/mol. The van der Waals surface area contributed by atoms with Crippen LogP contribution in [0.5, 0.6) is 0 Å². The Morgan fingerprint density at radius 2 is 2.16 bits per heavy atom. The molecule has 100 valence electrons. The van der Waals surface area contributed by atoms with Crippen molar-refractivity contribution in [1.29, 1.82) is 0 Å². The molecule has 6 nitrogen and oxygen atoms in total. The number of carbonyl (C=O) groups is 1. The zero-order valence-corrected chi connectivity index (χ0v) is 11.1. The van der Waals surface area contributed by atoms with E-state index >= 15 is 0 Å².